The van der Waals surface area contributed by atoms with E-state index in [2.05, 4.69) is 4.98 Å². The highest BCUT2D eigenvalue weighted by molar-refractivity contribution is 7.71. The predicted molar refractivity (Wildman–Crippen MR) is 64.2 cm³/mol. The van der Waals surface area contributed by atoms with Crippen LogP contribution in [0, 0.1) is 4.77 Å². The lowest BCUT2D eigenvalue weighted by molar-refractivity contribution is 0.0694. The highest BCUT2D eigenvalue weighted by Gasteiger charge is 2.12. The maximum Gasteiger partial charge on any atom is 0.342 e. The number of para-hydroxylation sites is 1. The molecule has 0 saturated carbocycles. The number of hydrogen-bond acceptors (Lipinski definition) is 3. The molecule has 0 aliphatic carbocycles. The summed E-state index contributed by atoms with van der Waals surface area (Å²) >= 11 is 4.98. The monoisotopic (exact) mass is 248 g/mol. The van der Waals surface area contributed by atoms with Crippen LogP contribution in [0.1, 0.15) is 10.4 Å². The molecule has 0 bridgehead atoms. The third-order valence-electron chi connectivity index (χ3n) is 2.22. The van der Waals surface area contributed by atoms with Gasteiger partial charge in [-0.25, -0.2) is 4.79 Å². The molecule has 0 radical (unpaired) electrons. The molecule has 1 aromatic heterocycles. The summed E-state index contributed by atoms with van der Waals surface area (Å²) in [7, 11) is 0. The van der Waals surface area contributed by atoms with Crippen molar-refractivity contribution in [1.29, 1.82) is 0 Å². The number of carbonyl (C=O) groups is 1. The van der Waals surface area contributed by atoms with Crippen LogP contribution in [0.3, 0.4) is 0 Å². The van der Waals surface area contributed by atoms with Gasteiger partial charge >= 0.3 is 5.97 Å². The van der Waals surface area contributed by atoms with Crippen LogP contribution in [-0.2, 0) is 0 Å². The Kier molecular flexibility index (Phi) is 2.88. The Hall–Kier alpha value is -2.21. The van der Waals surface area contributed by atoms with E-state index in [1.54, 1.807) is 30.3 Å². The molecule has 2 rings (SSSR count). The van der Waals surface area contributed by atoms with Crippen molar-refractivity contribution in [3.63, 3.8) is 0 Å². The number of benzene rings is 1. The predicted octanol–water partition coefficient (Wildman–Crippen LogP) is 1.59. The van der Waals surface area contributed by atoms with Crippen LogP contribution >= 0.6 is 12.2 Å². The van der Waals surface area contributed by atoms with Crippen molar-refractivity contribution in [1.82, 2.24) is 9.55 Å². The Labute approximate surface area is 101 Å². The summed E-state index contributed by atoms with van der Waals surface area (Å²) in [6, 6.07) is 8.63. The number of aromatic carboxylic acids is 1. The van der Waals surface area contributed by atoms with Crippen molar-refractivity contribution in [2.75, 3.05) is 0 Å². The number of carboxylic acids is 1. The van der Waals surface area contributed by atoms with Crippen molar-refractivity contribution in [2.45, 2.75) is 0 Å². The molecule has 0 saturated heterocycles. The summed E-state index contributed by atoms with van der Waals surface area (Å²) in [4.78, 5) is 25.4. The largest absolute Gasteiger partial charge is 0.477 e. The zero-order chi connectivity index (χ0) is 12.4. The molecule has 0 amide bonds. The normalized spacial score (nSPS) is 10.1. The number of nitrogens with one attached hydrogen (secondary N) is 1. The summed E-state index contributed by atoms with van der Waals surface area (Å²) in [6.45, 7) is 0. The molecule has 0 spiro atoms. The molecular formula is C11H8N2O3S. The highest BCUT2D eigenvalue weighted by Crippen LogP contribution is 2.04. The average Bonchev–Trinajstić information content (AvgIpc) is 2.30. The Balaban J connectivity index is 2.79. The van der Waals surface area contributed by atoms with E-state index in [1.807, 2.05) is 0 Å². The minimum atomic E-state index is -1.29. The van der Waals surface area contributed by atoms with E-state index in [4.69, 9.17) is 17.3 Å². The van der Waals surface area contributed by atoms with E-state index in [0.29, 0.717) is 5.69 Å². The van der Waals surface area contributed by atoms with Gasteiger partial charge in [-0.1, -0.05) is 18.2 Å². The maximum atomic E-state index is 11.9. The van der Waals surface area contributed by atoms with Gasteiger partial charge in [0.15, 0.2) is 4.77 Å². The third-order valence-corrected chi connectivity index (χ3v) is 2.52. The average molecular weight is 248 g/mol. The standard InChI is InChI=1S/C11H8N2O3S/c14-9-8(10(15)16)6-12-11(17)13(9)7-4-2-1-3-5-7/h1-6H,(H,12,17)(H,15,16). The minimum absolute atomic E-state index is 0.159. The van der Waals surface area contributed by atoms with Gasteiger partial charge < -0.3 is 10.1 Å². The molecule has 86 valence electrons. The molecule has 0 atom stereocenters. The molecule has 2 N–H and O–H groups in total. The molecule has 0 aliphatic rings. The molecule has 0 fully saturated rings. The number of nitrogens with zero attached hydrogens (tertiary/aromatic N) is 1. The molecule has 1 aromatic carbocycles. The fourth-order valence-electron chi connectivity index (χ4n) is 1.44. The first kappa shape index (κ1) is 11.3. The first-order chi connectivity index (χ1) is 8.11. The zero-order valence-electron chi connectivity index (χ0n) is 8.58. The highest BCUT2D eigenvalue weighted by atomic mass is 32.1. The van der Waals surface area contributed by atoms with Crippen LogP contribution in [0.5, 0.6) is 0 Å². The molecule has 0 unspecified atom stereocenters. The second-order valence-corrected chi connectivity index (χ2v) is 3.68. The number of aromatic nitrogens is 2. The zero-order valence-corrected chi connectivity index (χ0v) is 9.40. The lowest BCUT2D eigenvalue weighted by atomic mass is 10.3. The molecule has 0 aliphatic heterocycles. The van der Waals surface area contributed by atoms with Crippen molar-refractivity contribution in [2.24, 2.45) is 0 Å². The molecule has 17 heavy (non-hydrogen) atoms. The van der Waals surface area contributed by atoms with Crippen molar-refractivity contribution in [3.05, 3.63) is 57.2 Å². The Morgan fingerprint density at radius 3 is 2.53 bits per heavy atom. The molecule has 1 heterocycles. The second kappa shape index (κ2) is 4.34. The van der Waals surface area contributed by atoms with Crippen LogP contribution in [0.4, 0.5) is 0 Å². The number of hydrogen-bond donors (Lipinski definition) is 2. The van der Waals surface area contributed by atoms with Crippen LogP contribution in [-0.4, -0.2) is 20.6 Å². The SMILES string of the molecule is O=C(O)c1c[nH]c(=S)n(-c2ccccc2)c1=O. The van der Waals surface area contributed by atoms with E-state index in [9.17, 15) is 9.59 Å². The quantitative estimate of drug-likeness (QED) is 0.791. The van der Waals surface area contributed by atoms with Crippen molar-refractivity contribution in [3.8, 4) is 5.69 Å². The number of rotatable bonds is 2. The molecule has 5 nitrogen and oxygen atoms in total. The Morgan fingerprint density at radius 2 is 1.94 bits per heavy atom. The smallest absolute Gasteiger partial charge is 0.342 e. The molecule has 2 aromatic rings. The van der Waals surface area contributed by atoms with Gasteiger partial charge in [-0.2, -0.15) is 0 Å². The number of aromatic amines is 1. The van der Waals surface area contributed by atoms with Crippen LogP contribution in [0.15, 0.2) is 41.3 Å². The summed E-state index contributed by atoms with van der Waals surface area (Å²) < 4.78 is 1.31. The van der Waals surface area contributed by atoms with Gasteiger partial charge in [0.1, 0.15) is 5.56 Å². The fraction of sp³-hybridized carbons (Fsp3) is 0. The van der Waals surface area contributed by atoms with E-state index in [0.717, 1.165) is 10.8 Å². The van der Waals surface area contributed by atoms with Crippen molar-refractivity contribution >= 4 is 18.2 Å². The van der Waals surface area contributed by atoms with Gasteiger partial charge in [-0.3, -0.25) is 9.36 Å². The lowest BCUT2D eigenvalue weighted by Crippen LogP contribution is -2.26. The third kappa shape index (κ3) is 2.02. The van der Waals surface area contributed by atoms with Crippen LogP contribution < -0.4 is 5.56 Å². The van der Waals surface area contributed by atoms with Gasteiger partial charge in [0.2, 0.25) is 0 Å². The van der Waals surface area contributed by atoms with E-state index < -0.39 is 11.5 Å². The maximum absolute atomic E-state index is 11.9. The first-order valence-corrected chi connectivity index (χ1v) is 5.15. The van der Waals surface area contributed by atoms with Gasteiger partial charge in [0.25, 0.3) is 5.56 Å². The molecular weight excluding hydrogens is 240 g/mol. The summed E-state index contributed by atoms with van der Waals surface area (Å²) in [5, 5.41) is 8.86. The van der Waals surface area contributed by atoms with Gasteiger partial charge in [-0.05, 0) is 24.4 Å². The second-order valence-electron chi connectivity index (χ2n) is 3.29. The number of H-pyrrole nitrogens is 1. The topological polar surface area (TPSA) is 75.1 Å². The van der Waals surface area contributed by atoms with Gasteiger partial charge in [0, 0.05) is 6.20 Å². The summed E-state index contributed by atoms with van der Waals surface area (Å²) in [5.74, 6) is -1.29. The van der Waals surface area contributed by atoms with Gasteiger partial charge in [0.05, 0.1) is 5.69 Å². The lowest BCUT2D eigenvalue weighted by Gasteiger charge is -2.06. The van der Waals surface area contributed by atoms with E-state index in [1.165, 1.54) is 0 Å². The number of carboxylic acid groups (broad SMARTS) is 1. The van der Waals surface area contributed by atoms with E-state index >= 15 is 0 Å². The van der Waals surface area contributed by atoms with Gasteiger partial charge in [-0.15, -0.1) is 0 Å². The Morgan fingerprint density at radius 1 is 1.29 bits per heavy atom. The summed E-state index contributed by atoms with van der Waals surface area (Å²) in [6.07, 6.45) is 1.10. The van der Waals surface area contributed by atoms with Crippen LogP contribution in [0.2, 0.25) is 0 Å². The first-order valence-electron chi connectivity index (χ1n) is 4.74. The van der Waals surface area contributed by atoms with E-state index in [-0.39, 0.29) is 10.3 Å². The van der Waals surface area contributed by atoms with Crippen LogP contribution in [0.25, 0.3) is 5.69 Å². The van der Waals surface area contributed by atoms with Crippen molar-refractivity contribution < 1.29 is 9.90 Å². The summed E-state index contributed by atoms with van der Waals surface area (Å²) in [5.41, 5.74) is -0.461. The fourth-order valence-corrected chi connectivity index (χ4v) is 1.68. The molecule has 6 heteroatoms. The minimum Gasteiger partial charge on any atom is -0.477 e. The Bertz CT molecular complexity index is 673.